The van der Waals surface area contributed by atoms with Gasteiger partial charge in [-0.2, -0.15) is 0 Å². The van der Waals surface area contributed by atoms with Gasteiger partial charge in [-0.1, -0.05) is 36.4 Å². The molecule has 3 rings (SSSR count). The maximum Gasteiger partial charge on any atom is 0.275 e. The van der Waals surface area contributed by atoms with Crippen molar-refractivity contribution in [1.29, 1.82) is 0 Å². The van der Waals surface area contributed by atoms with E-state index in [-0.39, 0.29) is 16.9 Å². The Morgan fingerprint density at radius 2 is 1.63 bits per heavy atom. The number of benzene rings is 2. The fourth-order valence-corrected chi connectivity index (χ4v) is 3.09. The van der Waals surface area contributed by atoms with Crippen LogP contribution in [0.25, 0.3) is 0 Å². The van der Waals surface area contributed by atoms with E-state index in [0.29, 0.717) is 5.69 Å². The SMILES string of the molecule is Cc1cccc(C)c1NC(=O)[C@H](NC(=O)c1ccccn1)c1ccccc1[N+](=O)[O-]. The van der Waals surface area contributed by atoms with Crippen molar-refractivity contribution in [2.75, 3.05) is 5.32 Å². The Labute approximate surface area is 173 Å². The van der Waals surface area contributed by atoms with E-state index in [9.17, 15) is 19.7 Å². The van der Waals surface area contributed by atoms with Gasteiger partial charge in [-0.3, -0.25) is 24.7 Å². The van der Waals surface area contributed by atoms with Crippen LogP contribution >= 0.6 is 0 Å². The lowest BCUT2D eigenvalue weighted by Crippen LogP contribution is -2.38. The minimum atomic E-state index is -1.29. The maximum absolute atomic E-state index is 13.2. The zero-order valence-corrected chi connectivity index (χ0v) is 16.5. The average Bonchev–Trinajstić information content (AvgIpc) is 2.75. The lowest BCUT2D eigenvalue weighted by molar-refractivity contribution is -0.385. The number of anilines is 1. The normalized spacial score (nSPS) is 11.4. The number of nitrogens with one attached hydrogen (secondary N) is 2. The highest BCUT2D eigenvalue weighted by Crippen LogP contribution is 2.28. The molecule has 0 unspecified atom stereocenters. The summed E-state index contributed by atoms with van der Waals surface area (Å²) in [4.78, 5) is 40.8. The number of aryl methyl sites for hydroxylation is 2. The number of pyridine rings is 1. The number of aromatic nitrogens is 1. The fraction of sp³-hybridized carbons (Fsp3) is 0.136. The number of para-hydroxylation sites is 2. The molecular weight excluding hydrogens is 384 g/mol. The van der Waals surface area contributed by atoms with E-state index < -0.39 is 22.8 Å². The van der Waals surface area contributed by atoms with E-state index in [2.05, 4.69) is 15.6 Å². The summed E-state index contributed by atoms with van der Waals surface area (Å²) in [6.45, 7) is 3.68. The summed E-state index contributed by atoms with van der Waals surface area (Å²) in [7, 11) is 0. The van der Waals surface area contributed by atoms with E-state index in [1.807, 2.05) is 32.0 Å². The molecule has 8 nitrogen and oxygen atoms in total. The zero-order valence-electron chi connectivity index (χ0n) is 16.5. The van der Waals surface area contributed by atoms with Crippen molar-refractivity contribution in [3.63, 3.8) is 0 Å². The highest BCUT2D eigenvalue weighted by atomic mass is 16.6. The Balaban J connectivity index is 2.00. The maximum atomic E-state index is 13.2. The highest BCUT2D eigenvalue weighted by Gasteiger charge is 2.30. The third kappa shape index (κ3) is 4.49. The summed E-state index contributed by atoms with van der Waals surface area (Å²) in [5.41, 5.74) is 2.18. The molecule has 1 aromatic heterocycles. The molecular formula is C22H20N4O4. The summed E-state index contributed by atoms with van der Waals surface area (Å²) < 4.78 is 0. The van der Waals surface area contributed by atoms with Crippen LogP contribution in [0, 0.1) is 24.0 Å². The summed E-state index contributed by atoms with van der Waals surface area (Å²) >= 11 is 0. The molecule has 0 aliphatic rings. The van der Waals surface area contributed by atoms with Crippen molar-refractivity contribution in [2.45, 2.75) is 19.9 Å². The van der Waals surface area contributed by atoms with Crippen LogP contribution in [0.15, 0.2) is 66.9 Å². The minimum absolute atomic E-state index is 0.0792. The van der Waals surface area contributed by atoms with Gasteiger partial charge in [-0.15, -0.1) is 0 Å². The van der Waals surface area contributed by atoms with Crippen molar-refractivity contribution < 1.29 is 14.5 Å². The van der Waals surface area contributed by atoms with Gasteiger partial charge in [0.1, 0.15) is 11.7 Å². The van der Waals surface area contributed by atoms with Gasteiger partial charge in [0.2, 0.25) is 0 Å². The van der Waals surface area contributed by atoms with Gasteiger partial charge in [0.15, 0.2) is 0 Å². The smallest absolute Gasteiger partial charge is 0.275 e. The van der Waals surface area contributed by atoms with Gasteiger partial charge in [0.25, 0.3) is 17.5 Å². The topological polar surface area (TPSA) is 114 Å². The fourth-order valence-electron chi connectivity index (χ4n) is 3.09. The van der Waals surface area contributed by atoms with Crippen LogP contribution in [0.4, 0.5) is 11.4 Å². The second-order valence-corrected chi connectivity index (χ2v) is 6.69. The molecule has 1 heterocycles. The van der Waals surface area contributed by atoms with E-state index >= 15 is 0 Å². The lowest BCUT2D eigenvalue weighted by Gasteiger charge is -2.20. The first-order valence-electron chi connectivity index (χ1n) is 9.20. The summed E-state index contributed by atoms with van der Waals surface area (Å²) in [6, 6.07) is 14.9. The summed E-state index contributed by atoms with van der Waals surface area (Å²) in [5.74, 6) is -1.21. The van der Waals surface area contributed by atoms with Crippen LogP contribution in [0.1, 0.15) is 33.2 Å². The van der Waals surface area contributed by atoms with Gasteiger partial charge in [-0.05, 0) is 43.2 Å². The Hall–Kier alpha value is -4.07. The molecule has 2 aromatic carbocycles. The molecule has 0 bridgehead atoms. The van der Waals surface area contributed by atoms with Gasteiger partial charge in [0, 0.05) is 18.0 Å². The molecule has 2 amide bonds. The third-order valence-corrected chi connectivity index (χ3v) is 4.61. The summed E-state index contributed by atoms with van der Waals surface area (Å²) in [5, 5.41) is 16.9. The number of carbonyl (C=O) groups is 2. The van der Waals surface area contributed by atoms with Crippen LogP contribution in [0.2, 0.25) is 0 Å². The molecule has 0 radical (unpaired) electrons. The third-order valence-electron chi connectivity index (χ3n) is 4.61. The van der Waals surface area contributed by atoms with Crippen LogP contribution in [0.5, 0.6) is 0 Å². The molecule has 2 N–H and O–H groups in total. The van der Waals surface area contributed by atoms with Crippen LogP contribution < -0.4 is 10.6 Å². The Morgan fingerprint density at radius 3 is 2.27 bits per heavy atom. The molecule has 0 aliphatic carbocycles. The first-order valence-corrected chi connectivity index (χ1v) is 9.20. The quantitative estimate of drug-likeness (QED) is 0.480. The predicted octanol–water partition coefficient (Wildman–Crippen LogP) is 3.72. The largest absolute Gasteiger partial charge is 0.335 e. The van der Waals surface area contributed by atoms with Crippen molar-refractivity contribution in [2.24, 2.45) is 0 Å². The van der Waals surface area contributed by atoms with Gasteiger partial charge in [0.05, 0.1) is 10.5 Å². The zero-order chi connectivity index (χ0) is 21.7. The van der Waals surface area contributed by atoms with Gasteiger partial charge >= 0.3 is 0 Å². The number of amides is 2. The molecule has 3 aromatic rings. The average molecular weight is 404 g/mol. The minimum Gasteiger partial charge on any atom is -0.335 e. The first-order chi connectivity index (χ1) is 14.4. The van der Waals surface area contributed by atoms with E-state index in [1.54, 1.807) is 18.2 Å². The standard InChI is InChI=1S/C22H20N4O4/c1-14-8-7-9-15(2)19(14)24-22(28)20(16-10-3-4-12-18(16)26(29)30)25-21(27)17-11-5-6-13-23-17/h3-13,20H,1-2H3,(H,24,28)(H,25,27)/t20-/m1/s1. The van der Waals surface area contributed by atoms with Crippen LogP contribution in [0.3, 0.4) is 0 Å². The second-order valence-electron chi connectivity index (χ2n) is 6.69. The predicted molar refractivity (Wildman–Crippen MR) is 112 cm³/mol. The number of hydrogen-bond acceptors (Lipinski definition) is 5. The number of hydrogen-bond donors (Lipinski definition) is 2. The van der Waals surface area contributed by atoms with Crippen molar-refractivity contribution >= 4 is 23.2 Å². The lowest BCUT2D eigenvalue weighted by atomic mass is 10.0. The summed E-state index contributed by atoms with van der Waals surface area (Å²) in [6.07, 6.45) is 1.45. The first kappa shape index (κ1) is 20.7. The van der Waals surface area contributed by atoms with E-state index in [1.165, 1.54) is 30.5 Å². The van der Waals surface area contributed by atoms with Gasteiger partial charge < -0.3 is 10.6 Å². The number of nitro groups is 1. The molecule has 30 heavy (non-hydrogen) atoms. The van der Waals surface area contributed by atoms with Crippen LogP contribution in [-0.2, 0) is 4.79 Å². The molecule has 152 valence electrons. The second kappa shape index (κ2) is 8.95. The Bertz CT molecular complexity index is 1080. The number of nitrogens with zero attached hydrogens (tertiary/aromatic N) is 2. The number of nitro benzene ring substituents is 1. The molecule has 0 aliphatic heterocycles. The molecule has 0 saturated carbocycles. The van der Waals surface area contributed by atoms with Crippen LogP contribution in [-0.4, -0.2) is 21.7 Å². The number of carbonyl (C=O) groups excluding carboxylic acids is 2. The number of rotatable bonds is 6. The van der Waals surface area contributed by atoms with E-state index in [4.69, 9.17) is 0 Å². The highest BCUT2D eigenvalue weighted by molar-refractivity contribution is 6.02. The molecule has 0 spiro atoms. The van der Waals surface area contributed by atoms with Crippen molar-refractivity contribution in [1.82, 2.24) is 10.3 Å². The monoisotopic (exact) mass is 404 g/mol. The van der Waals surface area contributed by atoms with Crippen molar-refractivity contribution in [3.05, 3.63) is 99.4 Å². The molecule has 1 atom stereocenters. The Morgan fingerprint density at radius 1 is 0.967 bits per heavy atom. The molecule has 8 heteroatoms. The molecule has 0 fully saturated rings. The molecule has 0 saturated heterocycles. The van der Waals surface area contributed by atoms with E-state index in [0.717, 1.165) is 11.1 Å². The van der Waals surface area contributed by atoms with Gasteiger partial charge in [-0.25, -0.2) is 0 Å². The Kier molecular flexibility index (Phi) is 6.17. The van der Waals surface area contributed by atoms with Crippen molar-refractivity contribution in [3.8, 4) is 0 Å².